The molecule has 1 unspecified atom stereocenters. The van der Waals surface area contributed by atoms with Crippen LogP contribution in [0.4, 0.5) is 0 Å². The Morgan fingerprint density at radius 1 is 1.16 bits per heavy atom. The lowest BCUT2D eigenvalue weighted by molar-refractivity contribution is 0.202. The van der Waals surface area contributed by atoms with Gasteiger partial charge >= 0.3 is 0 Å². The average molecular weight is 268 g/mol. The minimum atomic E-state index is 0.363. The number of nitrogens with one attached hydrogen (secondary N) is 1. The lowest BCUT2D eigenvalue weighted by Gasteiger charge is -2.33. The van der Waals surface area contributed by atoms with Gasteiger partial charge in [-0.2, -0.15) is 0 Å². The van der Waals surface area contributed by atoms with Crippen LogP contribution in [0.15, 0.2) is 0 Å². The van der Waals surface area contributed by atoms with Crippen molar-refractivity contribution in [2.24, 2.45) is 10.8 Å². The lowest BCUT2D eigenvalue weighted by Crippen LogP contribution is -2.42. The van der Waals surface area contributed by atoms with Crippen LogP contribution in [0.25, 0.3) is 0 Å². The highest BCUT2D eigenvalue weighted by atomic mass is 15.2. The molecule has 0 radical (unpaired) electrons. The van der Waals surface area contributed by atoms with Crippen LogP contribution in [-0.4, -0.2) is 37.1 Å². The second kappa shape index (κ2) is 7.08. The summed E-state index contributed by atoms with van der Waals surface area (Å²) in [5, 5.41) is 3.67. The lowest BCUT2D eigenvalue weighted by atomic mass is 9.82. The van der Waals surface area contributed by atoms with E-state index in [2.05, 4.69) is 51.8 Å². The van der Waals surface area contributed by atoms with E-state index < -0.39 is 0 Å². The van der Waals surface area contributed by atoms with E-state index in [0.29, 0.717) is 16.9 Å². The third-order valence-corrected chi connectivity index (χ3v) is 5.25. The highest BCUT2D eigenvalue weighted by molar-refractivity contribution is 4.89. The molecule has 0 amide bonds. The molecule has 1 N–H and O–H groups in total. The van der Waals surface area contributed by atoms with Crippen LogP contribution in [0.3, 0.4) is 0 Å². The third kappa shape index (κ3) is 4.75. The predicted molar refractivity (Wildman–Crippen MR) is 85.6 cm³/mol. The van der Waals surface area contributed by atoms with Crippen LogP contribution >= 0.6 is 0 Å². The largest absolute Gasteiger partial charge is 0.314 e. The molecule has 1 heterocycles. The fourth-order valence-electron chi connectivity index (χ4n) is 3.45. The standard InChI is InChI=1S/C17H36N2/c1-7-17(8-2)11-13-19(14-17)12-10-15(18-9-3)16(4,5)6/h15,18H,7-14H2,1-6H3. The number of hydrogen-bond donors (Lipinski definition) is 1. The summed E-state index contributed by atoms with van der Waals surface area (Å²) in [5.74, 6) is 0. The van der Waals surface area contributed by atoms with Gasteiger partial charge in [-0.3, -0.25) is 0 Å². The summed E-state index contributed by atoms with van der Waals surface area (Å²) in [6.45, 7) is 19.0. The maximum Gasteiger partial charge on any atom is 0.0128 e. The van der Waals surface area contributed by atoms with Crippen molar-refractivity contribution in [1.29, 1.82) is 0 Å². The van der Waals surface area contributed by atoms with E-state index in [1.807, 2.05) is 0 Å². The second-order valence-corrected chi connectivity index (χ2v) is 7.50. The summed E-state index contributed by atoms with van der Waals surface area (Å²) in [7, 11) is 0. The van der Waals surface area contributed by atoms with E-state index in [-0.39, 0.29) is 0 Å². The summed E-state index contributed by atoms with van der Waals surface area (Å²) in [6, 6.07) is 0.635. The van der Waals surface area contributed by atoms with Crippen molar-refractivity contribution in [3.8, 4) is 0 Å². The molecule has 1 atom stereocenters. The summed E-state index contributed by atoms with van der Waals surface area (Å²) in [4.78, 5) is 2.70. The highest BCUT2D eigenvalue weighted by Crippen LogP contribution is 2.37. The molecular weight excluding hydrogens is 232 g/mol. The zero-order valence-corrected chi connectivity index (χ0v) is 14.2. The Bertz CT molecular complexity index is 250. The Morgan fingerprint density at radius 2 is 1.79 bits per heavy atom. The number of nitrogens with zero attached hydrogens (tertiary/aromatic N) is 1. The number of rotatable bonds is 7. The van der Waals surface area contributed by atoms with Gasteiger partial charge < -0.3 is 10.2 Å². The van der Waals surface area contributed by atoms with E-state index in [1.54, 1.807) is 0 Å². The SMILES string of the molecule is CCNC(CCN1CCC(CC)(CC)C1)C(C)(C)C. The van der Waals surface area contributed by atoms with Gasteiger partial charge in [-0.1, -0.05) is 41.5 Å². The smallest absolute Gasteiger partial charge is 0.0128 e. The van der Waals surface area contributed by atoms with E-state index in [9.17, 15) is 0 Å². The Morgan fingerprint density at radius 3 is 2.21 bits per heavy atom. The summed E-state index contributed by atoms with van der Waals surface area (Å²) in [5.41, 5.74) is 0.984. The first-order chi connectivity index (χ1) is 8.87. The van der Waals surface area contributed by atoms with Crippen LogP contribution < -0.4 is 5.32 Å². The minimum absolute atomic E-state index is 0.363. The molecule has 1 fully saturated rings. The molecule has 1 aliphatic heterocycles. The van der Waals surface area contributed by atoms with Crippen LogP contribution in [0.1, 0.15) is 67.2 Å². The van der Waals surface area contributed by atoms with Crippen molar-refractivity contribution in [3.63, 3.8) is 0 Å². The van der Waals surface area contributed by atoms with E-state index >= 15 is 0 Å². The molecule has 0 saturated carbocycles. The molecule has 0 aliphatic carbocycles. The van der Waals surface area contributed by atoms with Crippen LogP contribution in [0, 0.1) is 10.8 Å². The van der Waals surface area contributed by atoms with E-state index in [1.165, 1.54) is 45.3 Å². The summed E-state index contributed by atoms with van der Waals surface area (Å²) in [6.07, 6.45) is 5.37. The number of likely N-dealkylation sites (tertiary alicyclic amines) is 1. The van der Waals surface area contributed by atoms with Crippen molar-refractivity contribution < 1.29 is 0 Å². The van der Waals surface area contributed by atoms with Gasteiger partial charge in [0.15, 0.2) is 0 Å². The normalized spacial score (nSPS) is 21.8. The third-order valence-electron chi connectivity index (χ3n) is 5.25. The van der Waals surface area contributed by atoms with E-state index in [4.69, 9.17) is 0 Å². The van der Waals surface area contributed by atoms with Crippen LogP contribution in [0.2, 0.25) is 0 Å². The molecule has 0 spiro atoms. The summed E-state index contributed by atoms with van der Waals surface area (Å²) >= 11 is 0. The fraction of sp³-hybridized carbons (Fsp3) is 1.00. The minimum Gasteiger partial charge on any atom is -0.314 e. The molecular formula is C17H36N2. The van der Waals surface area contributed by atoms with Gasteiger partial charge in [0.1, 0.15) is 0 Å². The van der Waals surface area contributed by atoms with Gasteiger partial charge in [0.25, 0.3) is 0 Å². The van der Waals surface area contributed by atoms with Gasteiger partial charge in [0.05, 0.1) is 0 Å². The molecule has 1 rings (SSSR count). The Balaban J connectivity index is 2.44. The van der Waals surface area contributed by atoms with Crippen LogP contribution in [0.5, 0.6) is 0 Å². The molecule has 19 heavy (non-hydrogen) atoms. The molecule has 114 valence electrons. The van der Waals surface area contributed by atoms with Crippen molar-refractivity contribution in [2.45, 2.75) is 73.3 Å². The molecule has 0 aromatic carbocycles. The Kier molecular flexibility index (Phi) is 6.32. The van der Waals surface area contributed by atoms with Crippen molar-refractivity contribution in [2.75, 3.05) is 26.2 Å². The summed E-state index contributed by atoms with van der Waals surface area (Å²) < 4.78 is 0. The van der Waals surface area contributed by atoms with Crippen LogP contribution in [-0.2, 0) is 0 Å². The van der Waals surface area contributed by atoms with Crippen molar-refractivity contribution >= 4 is 0 Å². The second-order valence-electron chi connectivity index (χ2n) is 7.50. The predicted octanol–water partition coefficient (Wildman–Crippen LogP) is 3.91. The topological polar surface area (TPSA) is 15.3 Å². The first-order valence-corrected chi connectivity index (χ1v) is 8.32. The first kappa shape index (κ1) is 17.0. The van der Waals surface area contributed by atoms with Gasteiger partial charge in [-0.25, -0.2) is 0 Å². The maximum atomic E-state index is 3.67. The molecule has 2 nitrogen and oxygen atoms in total. The Labute approximate surface area is 121 Å². The van der Waals surface area contributed by atoms with Gasteiger partial charge in [0, 0.05) is 12.6 Å². The number of hydrogen-bond acceptors (Lipinski definition) is 2. The molecule has 2 heteroatoms. The first-order valence-electron chi connectivity index (χ1n) is 8.32. The monoisotopic (exact) mass is 268 g/mol. The van der Waals surface area contributed by atoms with Crippen molar-refractivity contribution in [1.82, 2.24) is 10.2 Å². The molecule has 0 aromatic heterocycles. The quantitative estimate of drug-likeness (QED) is 0.753. The van der Waals surface area contributed by atoms with Gasteiger partial charge in [0.2, 0.25) is 0 Å². The average Bonchev–Trinajstić information content (AvgIpc) is 2.77. The highest BCUT2D eigenvalue weighted by Gasteiger charge is 2.35. The molecule has 0 bridgehead atoms. The molecule has 1 aliphatic rings. The zero-order valence-electron chi connectivity index (χ0n) is 14.2. The fourth-order valence-corrected chi connectivity index (χ4v) is 3.45. The van der Waals surface area contributed by atoms with Gasteiger partial charge in [-0.15, -0.1) is 0 Å². The molecule has 1 saturated heterocycles. The zero-order chi connectivity index (χ0) is 14.5. The Hall–Kier alpha value is -0.0800. The van der Waals surface area contributed by atoms with Gasteiger partial charge in [-0.05, 0) is 56.1 Å². The van der Waals surface area contributed by atoms with E-state index in [0.717, 1.165) is 6.54 Å². The maximum absolute atomic E-state index is 3.67. The molecule has 0 aromatic rings. The van der Waals surface area contributed by atoms with Crippen molar-refractivity contribution in [3.05, 3.63) is 0 Å².